The first kappa shape index (κ1) is 19.5. The number of ketones is 1. The summed E-state index contributed by atoms with van der Waals surface area (Å²) in [5.41, 5.74) is 3.22. The number of Topliss-reactive ketones (excluding diaryl/α,β-unsaturated/α-hetero) is 1. The fourth-order valence-corrected chi connectivity index (χ4v) is 3.40. The molecule has 0 unspecified atom stereocenters. The van der Waals surface area contributed by atoms with Gasteiger partial charge in [0.15, 0.2) is 6.10 Å². The monoisotopic (exact) mass is 395 g/mol. The van der Waals surface area contributed by atoms with Crippen molar-refractivity contribution in [1.29, 1.82) is 0 Å². The van der Waals surface area contributed by atoms with Crippen molar-refractivity contribution in [3.63, 3.8) is 0 Å². The molecule has 0 bridgehead atoms. The van der Waals surface area contributed by atoms with E-state index in [2.05, 4.69) is 0 Å². The van der Waals surface area contributed by atoms with E-state index in [0.29, 0.717) is 34.1 Å². The van der Waals surface area contributed by atoms with Gasteiger partial charge in [-0.15, -0.1) is 0 Å². The topological polar surface area (TPSA) is 56.3 Å². The standard InChI is InChI=1S/C26H21NO3/c1-2-24(25(28)19-13-7-4-8-14-19)30-26(29)21-17-23(18-11-5-3-6-12-18)27-22-16-10-9-15-20(21)22/h3-17,24H,2H2,1H3/t24-/m0/s1. The van der Waals surface area contributed by atoms with Crippen LogP contribution >= 0.6 is 0 Å². The first-order valence-electron chi connectivity index (χ1n) is 9.93. The molecule has 0 saturated heterocycles. The number of esters is 1. The number of benzene rings is 3. The molecule has 0 N–H and O–H groups in total. The highest BCUT2D eigenvalue weighted by atomic mass is 16.5. The van der Waals surface area contributed by atoms with Crippen molar-refractivity contribution in [2.45, 2.75) is 19.4 Å². The van der Waals surface area contributed by atoms with E-state index in [4.69, 9.17) is 9.72 Å². The first-order chi connectivity index (χ1) is 14.7. The van der Waals surface area contributed by atoms with Crippen molar-refractivity contribution in [3.05, 3.63) is 102 Å². The number of para-hydroxylation sites is 1. The average molecular weight is 395 g/mol. The Morgan fingerprint density at radius 2 is 1.50 bits per heavy atom. The molecule has 1 heterocycles. The van der Waals surface area contributed by atoms with Crippen molar-refractivity contribution in [2.24, 2.45) is 0 Å². The molecular formula is C26H21NO3. The summed E-state index contributed by atoms with van der Waals surface area (Å²) in [6, 6.07) is 27.8. The number of aromatic nitrogens is 1. The molecule has 0 amide bonds. The maximum absolute atomic E-state index is 13.1. The third-order valence-corrected chi connectivity index (χ3v) is 4.98. The number of fused-ring (bicyclic) bond motifs is 1. The number of hydrogen-bond donors (Lipinski definition) is 0. The van der Waals surface area contributed by atoms with E-state index >= 15 is 0 Å². The molecule has 0 fully saturated rings. The number of carbonyl (C=O) groups is 2. The fraction of sp³-hybridized carbons (Fsp3) is 0.115. The van der Waals surface area contributed by atoms with Gasteiger partial charge in [-0.3, -0.25) is 4.79 Å². The Morgan fingerprint density at radius 1 is 0.867 bits per heavy atom. The zero-order valence-electron chi connectivity index (χ0n) is 16.6. The van der Waals surface area contributed by atoms with Gasteiger partial charge < -0.3 is 4.74 Å². The molecule has 1 aromatic heterocycles. The minimum absolute atomic E-state index is 0.201. The van der Waals surface area contributed by atoms with Crippen molar-refractivity contribution in [3.8, 4) is 11.3 Å². The normalized spacial score (nSPS) is 11.8. The number of carbonyl (C=O) groups excluding carboxylic acids is 2. The van der Waals surface area contributed by atoms with Crippen molar-refractivity contribution in [1.82, 2.24) is 4.98 Å². The lowest BCUT2D eigenvalue weighted by Crippen LogP contribution is -2.27. The second-order valence-corrected chi connectivity index (χ2v) is 6.97. The summed E-state index contributed by atoms with van der Waals surface area (Å²) in [5.74, 6) is -0.727. The molecule has 0 aliphatic rings. The number of hydrogen-bond acceptors (Lipinski definition) is 4. The molecule has 0 radical (unpaired) electrons. The minimum atomic E-state index is -0.841. The van der Waals surface area contributed by atoms with Crippen LogP contribution in [-0.2, 0) is 4.74 Å². The van der Waals surface area contributed by atoms with E-state index in [1.165, 1.54) is 0 Å². The quantitative estimate of drug-likeness (QED) is 0.309. The van der Waals surface area contributed by atoms with Gasteiger partial charge in [-0.2, -0.15) is 0 Å². The van der Waals surface area contributed by atoms with Crippen LogP contribution in [0.15, 0.2) is 91.0 Å². The Bertz CT molecular complexity index is 1190. The second kappa shape index (κ2) is 8.70. The van der Waals surface area contributed by atoms with Crippen LogP contribution in [0.5, 0.6) is 0 Å². The SMILES string of the molecule is CC[C@H](OC(=O)c1cc(-c2ccccc2)nc2ccccc12)C(=O)c1ccccc1. The van der Waals surface area contributed by atoms with E-state index in [1.807, 2.05) is 67.6 Å². The molecule has 4 aromatic rings. The van der Waals surface area contributed by atoms with Crippen LogP contribution in [-0.4, -0.2) is 22.8 Å². The molecule has 1 atom stereocenters. The molecule has 4 heteroatoms. The van der Waals surface area contributed by atoms with Crippen LogP contribution in [0, 0.1) is 0 Å². The van der Waals surface area contributed by atoms with Gasteiger partial charge in [0.1, 0.15) is 0 Å². The molecule has 0 saturated carbocycles. The average Bonchev–Trinajstić information content (AvgIpc) is 2.82. The van der Waals surface area contributed by atoms with Crippen LogP contribution in [0.1, 0.15) is 34.1 Å². The Labute approximate surface area is 175 Å². The number of pyridine rings is 1. The zero-order chi connectivity index (χ0) is 20.9. The van der Waals surface area contributed by atoms with E-state index in [1.54, 1.807) is 30.3 Å². The van der Waals surface area contributed by atoms with Gasteiger partial charge in [0.05, 0.1) is 16.8 Å². The minimum Gasteiger partial charge on any atom is -0.450 e. The van der Waals surface area contributed by atoms with Gasteiger partial charge in [-0.1, -0.05) is 85.8 Å². The van der Waals surface area contributed by atoms with E-state index < -0.39 is 12.1 Å². The van der Waals surface area contributed by atoms with Crippen LogP contribution in [0.4, 0.5) is 0 Å². The maximum Gasteiger partial charge on any atom is 0.339 e. The molecule has 0 aliphatic carbocycles. The van der Waals surface area contributed by atoms with Crippen molar-refractivity contribution in [2.75, 3.05) is 0 Å². The maximum atomic E-state index is 13.1. The first-order valence-corrected chi connectivity index (χ1v) is 9.93. The van der Waals surface area contributed by atoms with Crippen LogP contribution in [0.2, 0.25) is 0 Å². The second-order valence-electron chi connectivity index (χ2n) is 6.97. The molecule has 4 rings (SSSR count). The lowest BCUT2D eigenvalue weighted by atomic mass is 10.0. The highest BCUT2D eigenvalue weighted by molar-refractivity contribution is 6.06. The predicted molar refractivity (Wildman–Crippen MR) is 117 cm³/mol. The molecule has 30 heavy (non-hydrogen) atoms. The van der Waals surface area contributed by atoms with Gasteiger partial charge in [0.2, 0.25) is 5.78 Å². The highest BCUT2D eigenvalue weighted by Gasteiger charge is 2.24. The van der Waals surface area contributed by atoms with E-state index in [-0.39, 0.29) is 5.78 Å². The largest absolute Gasteiger partial charge is 0.450 e. The Morgan fingerprint density at radius 3 is 2.20 bits per heavy atom. The summed E-state index contributed by atoms with van der Waals surface area (Å²) < 4.78 is 5.68. The van der Waals surface area contributed by atoms with Gasteiger partial charge in [-0.25, -0.2) is 9.78 Å². The Kier molecular flexibility index (Phi) is 5.66. The highest BCUT2D eigenvalue weighted by Crippen LogP contribution is 2.26. The van der Waals surface area contributed by atoms with E-state index in [9.17, 15) is 9.59 Å². The lowest BCUT2D eigenvalue weighted by molar-refractivity contribution is 0.0279. The molecule has 0 aliphatic heterocycles. The van der Waals surface area contributed by atoms with Crippen LogP contribution in [0.25, 0.3) is 22.2 Å². The van der Waals surface area contributed by atoms with E-state index in [0.717, 1.165) is 5.56 Å². The molecule has 0 spiro atoms. The Hall–Kier alpha value is -3.79. The zero-order valence-corrected chi connectivity index (χ0v) is 16.6. The van der Waals surface area contributed by atoms with Crippen LogP contribution in [0.3, 0.4) is 0 Å². The number of nitrogens with zero attached hydrogens (tertiary/aromatic N) is 1. The Balaban J connectivity index is 1.71. The summed E-state index contributed by atoms with van der Waals surface area (Å²) in [6.07, 6.45) is -0.444. The third kappa shape index (κ3) is 3.98. The van der Waals surface area contributed by atoms with Gasteiger partial charge in [0.25, 0.3) is 0 Å². The van der Waals surface area contributed by atoms with Crippen LogP contribution < -0.4 is 0 Å². The summed E-state index contributed by atoms with van der Waals surface area (Å²) in [6.45, 7) is 1.83. The number of ether oxygens (including phenoxy) is 1. The summed E-state index contributed by atoms with van der Waals surface area (Å²) in [7, 11) is 0. The molecule has 4 nitrogen and oxygen atoms in total. The molecule has 3 aromatic carbocycles. The van der Waals surface area contributed by atoms with Gasteiger partial charge in [-0.05, 0) is 18.6 Å². The number of rotatable bonds is 6. The smallest absolute Gasteiger partial charge is 0.339 e. The van der Waals surface area contributed by atoms with Gasteiger partial charge in [0, 0.05) is 16.5 Å². The molecular weight excluding hydrogens is 374 g/mol. The van der Waals surface area contributed by atoms with Crippen molar-refractivity contribution < 1.29 is 14.3 Å². The lowest BCUT2D eigenvalue weighted by Gasteiger charge is -2.16. The van der Waals surface area contributed by atoms with Crippen molar-refractivity contribution >= 4 is 22.7 Å². The third-order valence-electron chi connectivity index (χ3n) is 4.98. The predicted octanol–water partition coefficient (Wildman–Crippen LogP) is 5.72. The fourth-order valence-electron chi connectivity index (χ4n) is 3.40. The molecule has 148 valence electrons. The summed E-state index contributed by atoms with van der Waals surface area (Å²) in [5, 5.41) is 0.698. The summed E-state index contributed by atoms with van der Waals surface area (Å²) in [4.78, 5) is 30.6. The summed E-state index contributed by atoms with van der Waals surface area (Å²) >= 11 is 0. The van der Waals surface area contributed by atoms with Gasteiger partial charge >= 0.3 is 5.97 Å².